The average molecular weight is 412 g/mol. The van der Waals surface area contributed by atoms with Crippen molar-refractivity contribution in [1.29, 1.82) is 0 Å². The van der Waals surface area contributed by atoms with E-state index in [4.69, 9.17) is 0 Å². The van der Waals surface area contributed by atoms with Gasteiger partial charge in [-0.25, -0.2) is 12.8 Å². The van der Waals surface area contributed by atoms with E-state index in [1.807, 2.05) is 37.3 Å². The summed E-state index contributed by atoms with van der Waals surface area (Å²) < 4.78 is 42.4. The lowest BCUT2D eigenvalue weighted by Gasteiger charge is -2.37. The molecular formula is C18H19BrFNO2S. The second-order valence-corrected chi connectivity index (χ2v) is 9.14. The third kappa shape index (κ3) is 3.41. The summed E-state index contributed by atoms with van der Waals surface area (Å²) in [5, 5.41) is -0.562. The van der Waals surface area contributed by atoms with E-state index < -0.39 is 21.1 Å². The molecule has 0 aliphatic carbocycles. The lowest BCUT2D eigenvalue weighted by molar-refractivity contribution is 0.279. The highest BCUT2D eigenvalue weighted by atomic mass is 79.9. The molecule has 0 N–H and O–H groups in total. The molecule has 128 valence electrons. The molecule has 1 aliphatic rings. The van der Waals surface area contributed by atoms with Gasteiger partial charge in [-0.15, -0.1) is 0 Å². The highest BCUT2D eigenvalue weighted by molar-refractivity contribution is 9.10. The zero-order valence-corrected chi connectivity index (χ0v) is 15.7. The molecule has 2 atom stereocenters. The second kappa shape index (κ2) is 6.94. The minimum absolute atomic E-state index is 0.0615. The topological polar surface area (TPSA) is 37.4 Å². The number of halogens is 2. The van der Waals surface area contributed by atoms with Crippen LogP contribution >= 0.6 is 15.9 Å². The van der Waals surface area contributed by atoms with E-state index in [1.54, 1.807) is 12.1 Å². The van der Waals surface area contributed by atoms with Crippen LogP contribution in [0, 0.1) is 5.82 Å². The minimum atomic E-state index is -3.54. The van der Waals surface area contributed by atoms with Crippen LogP contribution in [0.5, 0.6) is 0 Å². The molecule has 3 nitrogen and oxygen atoms in total. The van der Waals surface area contributed by atoms with E-state index in [9.17, 15) is 12.8 Å². The zero-order valence-electron chi connectivity index (χ0n) is 13.3. The molecule has 0 unspecified atom stereocenters. The summed E-state index contributed by atoms with van der Waals surface area (Å²) in [6.45, 7) is 1.95. The lowest BCUT2D eigenvalue weighted by atomic mass is 10.0. The first-order chi connectivity index (χ1) is 11.4. The number of benzene rings is 2. The van der Waals surface area contributed by atoms with Crippen molar-refractivity contribution in [1.82, 2.24) is 4.31 Å². The molecule has 1 aliphatic heterocycles. The van der Waals surface area contributed by atoms with Crippen molar-refractivity contribution >= 4 is 26.0 Å². The predicted molar refractivity (Wildman–Crippen MR) is 96.4 cm³/mol. The summed E-state index contributed by atoms with van der Waals surface area (Å²) in [6.07, 6.45) is 1.35. The maximum absolute atomic E-state index is 14.2. The van der Waals surface area contributed by atoms with Gasteiger partial charge < -0.3 is 0 Å². The van der Waals surface area contributed by atoms with Crippen LogP contribution in [0.15, 0.2) is 53.0 Å². The van der Waals surface area contributed by atoms with Crippen LogP contribution in [0.2, 0.25) is 0 Å². The number of hydrogen-bond donors (Lipinski definition) is 0. The summed E-state index contributed by atoms with van der Waals surface area (Å²) in [5.74, 6) is -0.395. The van der Waals surface area contributed by atoms with Crippen LogP contribution in [-0.4, -0.2) is 18.8 Å². The maximum atomic E-state index is 14.2. The van der Waals surface area contributed by atoms with Crippen molar-refractivity contribution in [3.8, 4) is 0 Å². The molecule has 0 radical (unpaired) electrons. The smallest absolute Gasteiger partial charge is 0.212 e. The summed E-state index contributed by atoms with van der Waals surface area (Å²) in [5.41, 5.74) is 1.19. The Bertz CT molecular complexity index is 826. The summed E-state index contributed by atoms with van der Waals surface area (Å²) in [4.78, 5) is 0. The zero-order chi connectivity index (χ0) is 17.3. The molecule has 0 aromatic heterocycles. The van der Waals surface area contributed by atoms with Gasteiger partial charge in [-0.1, -0.05) is 52.3 Å². The Kier molecular flexibility index (Phi) is 5.08. The van der Waals surface area contributed by atoms with Crippen LogP contribution in [0.25, 0.3) is 0 Å². The second-order valence-electron chi connectivity index (χ2n) is 6.15. The predicted octanol–water partition coefficient (Wildman–Crippen LogP) is 4.64. The Labute approximate surface area is 150 Å². The van der Waals surface area contributed by atoms with Crippen molar-refractivity contribution in [2.45, 2.75) is 37.6 Å². The maximum Gasteiger partial charge on any atom is 0.221 e. The van der Waals surface area contributed by atoms with Gasteiger partial charge in [0.1, 0.15) is 11.1 Å². The van der Waals surface area contributed by atoms with Gasteiger partial charge in [-0.3, -0.25) is 0 Å². The van der Waals surface area contributed by atoms with E-state index in [0.29, 0.717) is 16.5 Å². The summed E-state index contributed by atoms with van der Waals surface area (Å²) in [7, 11) is -3.54. The highest BCUT2D eigenvalue weighted by Crippen LogP contribution is 2.38. The number of sulfonamides is 1. The molecule has 2 aromatic carbocycles. The fourth-order valence-corrected chi connectivity index (χ4v) is 5.69. The Balaban J connectivity index is 1.93. The fraction of sp³-hybridized carbons (Fsp3) is 0.333. The molecule has 6 heteroatoms. The van der Waals surface area contributed by atoms with Gasteiger partial charge in [0.25, 0.3) is 0 Å². The SMILES string of the molecule is C[C@H]1CC[C@@H](c2ccccc2)S(=O)(=O)N1Cc1ccc(Br)cc1F. The first-order valence-corrected chi connectivity index (χ1v) is 10.2. The van der Waals surface area contributed by atoms with E-state index in [2.05, 4.69) is 15.9 Å². The van der Waals surface area contributed by atoms with Crippen LogP contribution in [0.1, 0.15) is 36.1 Å². The van der Waals surface area contributed by atoms with Crippen molar-refractivity contribution in [3.05, 3.63) is 69.9 Å². The normalized spacial score (nSPS) is 24.0. The van der Waals surface area contributed by atoms with Crippen LogP contribution in [0.3, 0.4) is 0 Å². The van der Waals surface area contributed by atoms with Crippen molar-refractivity contribution in [3.63, 3.8) is 0 Å². The quantitative estimate of drug-likeness (QED) is 0.737. The Hall–Kier alpha value is -1.24. The molecule has 1 saturated heterocycles. The van der Waals surface area contributed by atoms with Gasteiger partial charge in [0.2, 0.25) is 10.0 Å². The monoisotopic (exact) mass is 411 g/mol. The van der Waals surface area contributed by atoms with Crippen molar-refractivity contribution in [2.75, 3.05) is 0 Å². The first kappa shape index (κ1) is 17.6. The van der Waals surface area contributed by atoms with E-state index in [1.165, 1.54) is 10.4 Å². The van der Waals surface area contributed by atoms with Gasteiger partial charge in [0.15, 0.2) is 0 Å². The third-order valence-corrected chi connectivity index (χ3v) is 7.40. The van der Waals surface area contributed by atoms with Gasteiger partial charge in [-0.2, -0.15) is 4.31 Å². The van der Waals surface area contributed by atoms with Crippen LogP contribution in [-0.2, 0) is 16.6 Å². The molecule has 1 heterocycles. The lowest BCUT2D eigenvalue weighted by Crippen LogP contribution is -2.44. The van der Waals surface area contributed by atoms with E-state index in [0.717, 1.165) is 12.0 Å². The number of hydrogen-bond acceptors (Lipinski definition) is 2. The van der Waals surface area contributed by atoms with Crippen LogP contribution < -0.4 is 0 Å². The summed E-state index contributed by atoms with van der Waals surface area (Å²) in [6, 6.07) is 13.8. The third-order valence-electron chi connectivity index (χ3n) is 4.54. The molecule has 0 amide bonds. The Morgan fingerprint density at radius 1 is 1.17 bits per heavy atom. The molecule has 3 rings (SSSR count). The first-order valence-electron chi connectivity index (χ1n) is 7.89. The van der Waals surface area contributed by atoms with Gasteiger partial charge in [0, 0.05) is 22.6 Å². The highest BCUT2D eigenvalue weighted by Gasteiger charge is 2.40. The van der Waals surface area contributed by atoms with Crippen molar-refractivity contribution in [2.24, 2.45) is 0 Å². The van der Waals surface area contributed by atoms with Crippen LogP contribution in [0.4, 0.5) is 4.39 Å². The molecule has 2 aromatic rings. The van der Waals surface area contributed by atoms with Gasteiger partial charge >= 0.3 is 0 Å². The standard InChI is InChI=1S/C18H19BrFNO2S/c1-13-7-10-18(14-5-3-2-4-6-14)24(22,23)21(13)12-15-8-9-16(19)11-17(15)20/h2-6,8-9,11,13,18H,7,10,12H2,1H3/t13-,18-/m0/s1. The number of rotatable bonds is 3. The molecule has 0 saturated carbocycles. The minimum Gasteiger partial charge on any atom is -0.212 e. The van der Waals surface area contributed by atoms with Gasteiger partial charge in [0.05, 0.1) is 0 Å². The summed E-state index contributed by atoms with van der Waals surface area (Å²) >= 11 is 3.22. The molecular weight excluding hydrogens is 393 g/mol. The van der Waals surface area contributed by atoms with Crippen molar-refractivity contribution < 1.29 is 12.8 Å². The average Bonchev–Trinajstić information content (AvgIpc) is 2.53. The molecule has 1 fully saturated rings. The van der Waals surface area contributed by atoms with Gasteiger partial charge in [-0.05, 0) is 37.5 Å². The molecule has 0 spiro atoms. The molecule has 0 bridgehead atoms. The molecule has 24 heavy (non-hydrogen) atoms. The van der Waals surface area contributed by atoms with E-state index in [-0.39, 0.29) is 12.6 Å². The number of nitrogens with zero attached hydrogens (tertiary/aromatic N) is 1. The van der Waals surface area contributed by atoms with E-state index >= 15 is 0 Å². The Morgan fingerprint density at radius 2 is 1.88 bits per heavy atom. The largest absolute Gasteiger partial charge is 0.221 e. The fourth-order valence-electron chi connectivity index (χ4n) is 3.17. The Morgan fingerprint density at radius 3 is 2.54 bits per heavy atom.